The maximum absolute atomic E-state index is 8.86. The van der Waals surface area contributed by atoms with E-state index in [0.29, 0.717) is 11.4 Å². The van der Waals surface area contributed by atoms with Crippen LogP contribution in [0.1, 0.15) is 5.56 Å². The van der Waals surface area contributed by atoms with Crippen molar-refractivity contribution in [2.45, 2.75) is 0 Å². The summed E-state index contributed by atoms with van der Waals surface area (Å²) < 4.78 is 0. The molecule has 1 aromatic heterocycles. The van der Waals surface area contributed by atoms with Gasteiger partial charge < -0.3 is 10.2 Å². The number of hydrogen-bond donors (Lipinski definition) is 1. The lowest BCUT2D eigenvalue weighted by atomic mass is 10.2. The molecule has 2 aromatic rings. The lowest BCUT2D eigenvalue weighted by Gasteiger charge is -2.17. The molecule has 0 aliphatic heterocycles. The van der Waals surface area contributed by atoms with Gasteiger partial charge in [-0.3, -0.25) is 0 Å². The summed E-state index contributed by atoms with van der Waals surface area (Å²) in [5.74, 6) is 0.670. The van der Waals surface area contributed by atoms with Gasteiger partial charge in [0.05, 0.1) is 23.0 Å². The van der Waals surface area contributed by atoms with Gasteiger partial charge in [0.2, 0.25) is 0 Å². The summed E-state index contributed by atoms with van der Waals surface area (Å²) >= 11 is 0. The number of pyridine rings is 1. The zero-order valence-electron chi connectivity index (χ0n) is 10.4. The van der Waals surface area contributed by atoms with E-state index in [4.69, 9.17) is 5.26 Å². The third kappa shape index (κ3) is 2.58. The van der Waals surface area contributed by atoms with Crippen LogP contribution in [0, 0.1) is 11.3 Å². The summed E-state index contributed by atoms with van der Waals surface area (Å²) in [6, 6.07) is 13.5. The van der Waals surface area contributed by atoms with Gasteiger partial charge in [0.15, 0.2) is 0 Å². The molecule has 1 aromatic carbocycles. The molecular formula is C14H14N4. The standard InChI is InChI=1S/C14H14N4/c1-18(2)13-6-4-3-5-12(13)17-14-9-11(10-15)7-8-16-14/h3-9H,1-2H3,(H,16,17). The van der Waals surface area contributed by atoms with E-state index in [2.05, 4.69) is 16.4 Å². The maximum atomic E-state index is 8.86. The second-order valence-corrected chi connectivity index (χ2v) is 4.08. The van der Waals surface area contributed by atoms with Crippen molar-refractivity contribution in [1.82, 2.24) is 4.98 Å². The van der Waals surface area contributed by atoms with E-state index < -0.39 is 0 Å². The molecule has 0 saturated carbocycles. The molecule has 1 N–H and O–H groups in total. The Labute approximate surface area is 107 Å². The van der Waals surface area contributed by atoms with Crippen LogP contribution in [0.15, 0.2) is 42.6 Å². The van der Waals surface area contributed by atoms with Crippen molar-refractivity contribution in [3.8, 4) is 6.07 Å². The summed E-state index contributed by atoms with van der Waals surface area (Å²) in [4.78, 5) is 6.23. The van der Waals surface area contributed by atoms with Crippen LogP contribution in [-0.2, 0) is 0 Å². The first-order chi connectivity index (χ1) is 8.70. The molecule has 0 bridgehead atoms. The summed E-state index contributed by atoms with van der Waals surface area (Å²) in [5, 5.41) is 12.1. The molecule has 2 rings (SSSR count). The molecule has 4 nitrogen and oxygen atoms in total. The Hall–Kier alpha value is -2.54. The van der Waals surface area contributed by atoms with Crippen molar-refractivity contribution in [2.24, 2.45) is 0 Å². The van der Waals surface area contributed by atoms with Crippen molar-refractivity contribution in [1.29, 1.82) is 5.26 Å². The van der Waals surface area contributed by atoms with E-state index in [1.54, 1.807) is 18.3 Å². The molecule has 0 atom stereocenters. The third-order valence-electron chi connectivity index (χ3n) is 2.54. The Morgan fingerprint density at radius 2 is 2.00 bits per heavy atom. The average Bonchev–Trinajstić information content (AvgIpc) is 2.39. The Morgan fingerprint density at radius 1 is 1.22 bits per heavy atom. The minimum Gasteiger partial charge on any atom is -0.376 e. The Bertz CT molecular complexity index is 584. The van der Waals surface area contributed by atoms with E-state index >= 15 is 0 Å². The van der Waals surface area contributed by atoms with E-state index in [9.17, 15) is 0 Å². The maximum Gasteiger partial charge on any atom is 0.131 e. The van der Waals surface area contributed by atoms with Crippen LogP contribution in [0.4, 0.5) is 17.2 Å². The van der Waals surface area contributed by atoms with Crippen molar-refractivity contribution < 1.29 is 0 Å². The van der Waals surface area contributed by atoms with E-state index in [0.717, 1.165) is 11.4 Å². The highest BCUT2D eigenvalue weighted by Crippen LogP contribution is 2.26. The van der Waals surface area contributed by atoms with Crippen LogP contribution in [-0.4, -0.2) is 19.1 Å². The van der Waals surface area contributed by atoms with Gasteiger partial charge in [0, 0.05) is 20.3 Å². The topological polar surface area (TPSA) is 52.0 Å². The second kappa shape index (κ2) is 5.19. The largest absolute Gasteiger partial charge is 0.376 e. The number of nitriles is 1. The molecule has 0 aliphatic carbocycles. The lowest BCUT2D eigenvalue weighted by molar-refractivity contribution is 1.13. The first kappa shape index (κ1) is 11.9. The molecule has 0 unspecified atom stereocenters. The SMILES string of the molecule is CN(C)c1ccccc1Nc1cc(C#N)ccn1. The minimum atomic E-state index is 0.592. The van der Waals surface area contributed by atoms with Gasteiger partial charge in [-0.15, -0.1) is 0 Å². The van der Waals surface area contributed by atoms with Crippen LogP contribution >= 0.6 is 0 Å². The molecule has 18 heavy (non-hydrogen) atoms. The molecule has 90 valence electrons. The van der Waals surface area contributed by atoms with Gasteiger partial charge in [0.25, 0.3) is 0 Å². The van der Waals surface area contributed by atoms with Crippen LogP contribution in [0.5, 0.6) is 0 Å². The molecular weight excluding hydrogens is 224 g/mol. The van der Waals surface area contributed by atoms with Crippen molar-refractivity contribution >= 4 is 17.2 Å². The molecule has 0 aliphatic rings. The number of benzene rings is 1. The molecule has 0 saturated heterocycles. The minimum absolute atomic E-state index is 0.592. The molecule has 0 spiro atoms. The first-order valence-electron chi connectivity index (χ1n) is 5.60. The predicted octanol–water partition coefficient (Wildman–Crippen LogP) is 2.76. The van der Waals surface area contributed by atoms with Crippen molar-refractivity contribution in [2.75, 3.05) is 24.3 Å². The fourth-order valence-corrected chi connectivity index (χ4v) is 1.68. The van der Waals surface area contributed by atoms with Crippen LogP contribution in [0.25, 0.3) is 0 Å². The average molecular weight is 238 g/mol. The number of nitrogens with one attached hydrogen (secondary N) is 1. The van der Waals surface area contributed by atoms with Gasteiger partial charge >= 0.3 is 0 Å². The molecule has 0 radical (unpaired) electrons. The molecule has 1 heterocycles. The zero-order valence-corrected chi connectivity index (χ0v) is 10.4. The molecule has 0 amide bonds. The highest BCUT2D eigenvalue weighted by atomic mass is 15.1. The monoisotopic (exact) mass is 238 g/mol. The van der Waals surface area contributed by atoms with E-state index in [1.165, 1.54) is 0 Å². The van der Waals surface area contributed by atoms with Crippen LogP contribution in [0.2, 0.25) is 0 Å². The van der Waals surface area contributed by atoms with Gasteiger partial charge in [-0.05, 0) is 24.3 Å². The van der Waals surface area contributed by atoms with Gasteiger partial charge in [-0.2, -0.15) is 5.26 Å². The van der Waals surface area contributed by atoms with Gasteiger partial charge in [-0.25, -0.2) is 4.98 Å². The molecule has 0 fully saturated rings. The van der Waals surface area contributed by atoms with Crippen LogP contribution in [0.3, 0.4) is 0 Å². The smallest absolute Gasteiger partial charge is 0.131 e. The third-order valence-corrected chi connectivity index (χ3v) is 2.54. The van der Waals surface area contributed by atoms with Crippen molar-refractivity contribution in [3.05, 3.63) is 48.2 Å². The quantitative estimate of drug-likeness (QED) is 0.893. The fourth-order valence-electron chi connectivity index (χ4n) is 1.68. The predicted molar refractivity (Wildman–Crippen MR) is 73.0 cm³/mol. The summed E-state index contributed by atoms with van der Waals surface area (Å²) in [7, 11) is 3.97. The number of hydrogen-bond acceptors (Lipinski definition) is 4. The van der Waals surface area contributed by atoms with Crippen molar-refractivity contribution in [3.63, 3.8) is 0 Å². The van der Waals surface area contributed by atoms with E-state index in [1.807, 2.05) is 43.3 Å². The Balaban J connectivity index is 2.31. The van der Waals surface area contributed by atoms with Gasteiger partial charge in [-0.1, -0.05) is 12.1 Å². The van der Waals surface area contributed by atoms with Gasteiger partial charge in [0.1, 0.15) is 5.82 Å². The normalized spacial score (nSPS) is 9.61. The fraction of sp³-hybridized carbons (Fsp3) is 0.143. The number of rotatable bonds is 3. The highest BCUT2D eigenvalue weighted by molar-refractivity contribution is 5.73. The van der Waals surface area contributed by atoms with E-state index in [-0.39, 0.29) is 0 Å². The highest BCUT2D eigenvalue weighted by Gasteiger charge is 2.04. The summed E-state index contributed by atoms with van der Waals surface area (Å²) in [5.41, 5.74) is 2.63. The molecule has 4 heteroatoms. The lowest BCUT2D eigenvalue weighted by Crippen LogP contribution is -2.10. The number of aromatic nitrogens is 1. The first-order valence-corrected chi connectivity index (χ1v) is 5.60. The number of nitrogens with zero attached hydrogens (tertiary/aromatic N) is 3. The number of para-hydroxylation sites is 2. The summed E-state index contributed by atoms with van der Waals surface area (Å²) in [6.45, 7) is 0. The zero-order chi connectivity index (χ0) is 13.0. The number of anilines is 3. The Morgan fingerprint density at radius 3 is 2.72 bits per heavy atom. The second-order valence-electron chi connectivity index (χ2n) is 4.08. The Kier molecular flexibility index (Phi) is 3.44. The van der Waals surface area contributed by atoms with Crippen LogP contribution < -0.4 is 10.2 Å². The summed E-state index contributed by atoms with van der Waals surface area (Å²) in [6.07, 6.45) is 1.62.